The average molecular weight is 424 g/mol. The first-order valence-electron chi connectivity index (χ1n) is 8.33. The number of nitrogens with zero attached hydrogens (tertiary/aromatic N) is 3. The van der Waals surface area contributed by atoms with Crippen LogP contribution in [0.3, 0.4) is 0 Å². The number of aromatic nitrogens is 3. The number of carbonyl (C=O) groups excluding carboxylic acids is 1. The Morgan fingerprint density at radius 1 is 1.44 bits per heavy atom. The topological polar surface area (TPSA) is 108 Å². The molecule has 0 bridgehead atoms. The van der Waals surface area contributed by atoms with Crippen LogP contribution in [0.25, 0.3) is 10.6 Å². The fraction of sp³-hybridized carbons (Fsp3) is 0.312. The smallest absolute Gasteiger partial charge is 0.277 e. The van der Waals surface area contributed by atoms with Crippen molar-refractivity contribution >= 4 is 43.7 Å². The van der Waals surface area contributed by atoms with Crippen molar-refractivity contribution in [3.8, 4) is 10.6 Å². The fourth-order valence-electron chi connectivity index (χ4n) is 2.80. The minimum absolute atomic E-state index is 0.0798. The average Bonchev–Trinajstić information content (AvgIpc) is 3.39. The van der Waals surface area contributed by atoms with Crippen LogP contribution in [0.5, 0.6) is 0 Å². The van der Waals surface area contributed by atoms with Crippen LogP contribution in [-0.4, -0.2) is 46.1 Å². The Morgan fingerprint density at radius 3 is 3.04 bits per heavy atom. The van der Waals surface area contributed by atoms with Crippen molar-refractivity contribution in [1.29, 1.82) is 0 Å². The van der Waals surface area contributed by atoms with Crippen molar-refractivity contribution in [3.05, 3.63) is 39.8 Å². The van der Waals surface area contributed by atoms with Crippen LogP contribution < -0.4 is 5.32 Å². The SMILES string of the molecule is CCS(=O)(=O)N1CCc2nc(NC(=O)c3cc(-c4cccs4)[nH]n3)sc2C1. The normalized spacial score (nSPS) is 14.9. The van der Waals surface area contributed by atoms with Gasteiger partial charge in [0.1, 0.15) is 0 Å². The molecule has 4 rings (SSSR count). The molecule has 0 atom stereocenters. The van der Waals surface area contributed by atoms with Crippen molar-refractivity contribution in [1.82, 2.24) is 19.5 Å². The Balaban J connectivity index is 1.48. The molecule has 0 unspecified atom stereocenters. The highest BCUT2D eigenvalue weighted by Crippen LogP contribution is 2.30. The van der Waals surface area contributed by atoms with E-state index >= 15 is 0 Å². The molecule has 0 saturated carbocycles. The zero-order chi connectivity index (χ0) is 19.0. The largest absolute Gasteiger partial charge is 0.296 e. The van der Waals surface area contributed by atoms with Gasteiger partial charge >= 0.3 is 0 Å². The van der Waals surface area contributed by atoms with Crippen LogP contribution in [0, 0.1) is 0 Å². The molecule has 1 aliphatic heterocycles. The number of H-pyrrole nitrogens is 1. The monoisotopic (exact) mass is 423 g/mol. The van der Waals surface area contributed by atoms with Gasteiger partial charge in [0.05, 0.1) is 22.0 Å². The zero-order valence-corrected chi connectivity index (χ0v) is 16.9. The van der Waals surface area contributed by atoms with Gasteiger partial charge in [-0.2, -0.15) is 9.40 Å². The summed E-state index contributed by atoms with van der Waals surface area (Å²) in [5.74, 6) is -0.269. The van der Waals surface area contributed by atoms with E-state index in [9.17, 15) is 13.2 Å². The zero-order valence-electron chi connectivity index (χ0n) is 14.4. The third-order valence-electron chi connectivity index (χ3n) is 4.27. The molecule has 0 aromatic carbocycles. The first kappa shape index (κ1) is 18.3. The van der Waals surface area contributed by atoms with Crippen molar-refractivity contribution < 1.29 is 13.2 Å². The number of nitrogens with one attached hydrogen (secondary N) is 2. The van der Waals surface area contributed by atoms with Crippen LogP contribution in [0.2, 0.25) is 0 Å². The maximum Gasteiger partial charge on any atom is 0.277 e. The molecule has 0 spiro atoms. The van der Waals surface area contributed by atoms with Gasteiger partial charge in [0, 0.05) is 24.4 Å². The molecule has 4 heterocycles. The quantitative estimate of drug-likeness (QED) is 0.656. The number of rotatable bonds is 5. The number of amides is 1. The van der Waals surface area contributed by atoms with E-state index in [1.165, 1.54) is 15.6 Å². The minimum Gasteiger partial charge on any atom is -0.296 e. The lowest BCUT2D eigenvalue weighted by Gasteiger charge is -2.24. The van der Waals surface area contributed by atoms with Crippen LogP contribution in [0.4, 0.5) is 5.13 Å². The molecule has 142 valence electrons. The molecular formula is C16H17N5O3S3. The molecule has 3 aromatic rings. The van der Waals surface area contributed by atoms with Gasteiger partial charge in [0.25, 0.3) is 5.91 Å². The highest BCUT2D eigenvalue weighted by atomic mass is 32.2. The standard InChI is InChI=1S/C16H17N5O3S3/c1-2-27(23,24)21-6-5-10-14(9-21)26-16(17-10)18-15(22)12-8-11(19-20-12)13-4-3-7-25-13/h3-4,7-8H,2,5-6,9H2,1H3,(H,19,20)(H,17,18,22). The molecular weight excluding hydrogens is 406 g/mol. The molecule has 0 fully saturated rings. The molecule has 11 heteroatoms. The van der Waals surface area contributed by atoms with E-state index in [0.29, 0.717) is 24.6 Å². The lowest BCUT2D eigenvalue weighted by molar-refractivity contribution is 0.102. The number of carbonyl (C=O) groups is 1. The number of fused-ring (bicyclic) bond motifs is 1. The third kappa shape index (κ3) is 3.68. The second-order valence-electron chi connectivity index (χ2n) is 5.97. The Kier molecular flexibility index (Phi) is 4.84. The second-order valence-corrected chi connectivity index (χ2v) is 10.3. The maximum absolute atomic E-state index is 12.4. The van der Waals surface area contributed by atoms with E-state index < -0.39 is 10.0 Å². The summed E-state index contributed by atoms with van der Waals surface area (Å²) < 4.78 is 25.6. The van der Waals surface area contributed by atoms with Crippen LogP contribution in [0.1, 0.15) is 28.0 Å². The van der Waals surface area contributed by atoms with E-state index in [1.54, 1.807) is 24.3 Å². The summed E-state index contributed by atoms with van der Waals surface area (Å²) in [6.07, 6.45) is 0.547. The Labute approximate surface area is 164 Å². The van der Waals surface area contributed by atoms with Crippen molar-refractivity contribution in [2.45, 2.75) is 19.9 Å². The van der Waals surface area contributed by atoms with Crippen LogP contribution >= 0.6 is 22.7 Å². The summed E-state index contributed by atoms with van der Waals surface area (Å²) in [7, 11) is -3.23. The van der Waals surface area contributed by atoms with Gasteiger partial charge in [0.2, 0.25) is 10.0 Å². The molecule has 0 aliphatic carbocycles. The number of anilines is 1. The highest BCUT2D eigenvalue weighted by Gasteiger charge is 2.28. The highest BCUT2D eigenvalue weighted by molar-refractivity contribution is 7.89. The summed E-state index contributed by atoms with van der Waals surface area (Å²) in [5, 5.41) is 12.1. The van der Waals surface area contributed by atoms with Crippen LogP contribution in [0.15, 0.2) is 23.6 Å². The molecule has 1 aliphatic rings. The summed E-state index contributed by atoms with van der Waals surface area (Å²) in [5.41, 5.74) is 1.91. The van der Waals surface area contributed by atoms with E-state index in [-0.39, 0.29) is 17.4 Å². The molecule has 8 nitrogen and oxygen atoms in total. The number of hydrogen-bond donors (Lipinski definition) is 2. The number of sulfonamides is 1. The molecule has 27 heavy (non-hydrogen) atoms. The molecule has 0 radical (unpaired) electrons. The predicted molar refractivity (Wildman–Crippen MR) is 106 cm³/mol. The lowest BCUT2D eigenvalue weighted by Crippen LogP contribution is -2.36. The van der Waals surface area contributed by atoms with Gasteiger partial charge in [-0.05, 0) is 24.4 Å². The van der Waals surface area contributed by atoms with Crippen LogP contribution in [-0.2, 0) is 23.0 Å². The van der Waals surface area contributed by atoms with E-state index in [0.717, 1.165) is 21.1 Å². The number of aromatic amines is 1. The Bertz CT molecular complexity index is 1070. The lowest BCUT2D eigenvalue weighted by atomic mass is 10.2. The summed E-state index contributed by atoms with van der Waals surface area (Å²) in [6, 6.07) is 5.58. The third-order valence-corrected chi connectivity index (χ3v) is 8.00. The first-order chi connectivity index (χ1) is 13.0. The number of thiazole rings is 1. The van der Waals surface area contributed by atoms with Gasteiger partial charge < -0.3 is 0 Å². The van der Waals surface area contributed by atoms with Gasteiger partial charge in [-0.25, -0.2) is 13.4 Å². The van der Waals surface area contributed by atoms with E-state index in [1.807, 2.05) is 17.5 Å². The summed E-state index contributed by atoms with van der Waals surface area (Å²) >= 11 is 2.87. The fourth-order valence-corrected chi connectivity index (χ4v) is 5.66. The minimum atomic E-state index is -3.23. The van der Waals surface area contributed by atoms with Gasteiger partial charge in [0.15, 0.2) is 10.8 Å². The van der Waals surface area contributed by atoms with Gasteiger partial charge in [-0.15, -0.1) is 22.7 Å². The van der Waals surface area contributed by atoms with E-state index in [2.05, 4.69) is 20.5 Å². The van der Waals surface area contributed by atoms with Crippen molar-refractivity contribution in [3.63, 3.8) is 0 Å². The van der Waals surface area contributed by atoms with Gasteiger partial charge in [-0.1, -0.05) is 6.07 Å². The van der Waals surface area contributed by atoms with Crippen molar-refractivity contribution in [2.24, 2.45) is 0 Å². The second kappa shape index (κ2) is 7.15. The predicted octanol–water partition coefficient (Wildman–Crippen LogP) is 2.55. The summed E-state index contributed by atoms with van der Waals surface area (Å²) in [6.45, 7) is 2.37. The number of thiophene rings is 1. The summed E-state index contributed by atoms with van der Waals surface area (Å²) in [4.78, 5) is 18.8. The van der Waals surface area contributed by atoms with Crippen molar-refractivity contribution in [2.75, 3.05) is 17.6 Å². The molecule has 3 aromatic heterocycles. The number of hydrogen-bond acceptors (Lipinski definition) is 7. The molecule has 0 saturated heterocycles. The Hall–Kier alpha value is -2.08. The Morgan fingerprint density at radius 2 is 2.30 bits per heavy atom. The molecule has 2 N–H and O–H groups in total. The first-order valence-corrected chi connectivity index (χ1v) is 11.6. The van der Waals surface area contributed by atoms with Gasteiger partial charge in [-0.3, -0.25) is 15.2 Å². The molecule has 1 amide bonds. The maximum atomic E-state index is 12.4. The van der Waals surface area contributed by atoms with E-state index in [4.69, 9.17) is 0 Å².